The summed E-state index contributed by atoms with van der Waals surface area (Å²) in [6.45, 7) is 0. The summed E-state index contributed by atoms with van der Waals surface area (Å²) in [7, 11) is 0. The molecule has 1 aromatic rings. The molecule has 0 spiro atoms. The molecule has 21 heavy (non-hydrogen) atoms. The zero-order chi connectivity index (χ0) is 14.7. The topological polar surface area (TPSA) is 59.1 Å². The largest absolute Gasteiger partial charge is 0.302 e. The minimum Gasteiger partial charge on any atom is -0.302 e. The first-order valence-electron chi connectivity index (χ1n) is 8.05. The monoisotopic (exact) mass is 306 g/mol. The first-order valence-corrected chi connectivity index (χ1v) is 8.87. The predicted octanol–water partition coefficient (Wildman–Crippen LogP) is 3.96. The average Bonchev–Trinajstić information content (AvgIpc) is 2.90. The average molecular weight is 306 g/mol. The lowest BCUT2D eigenvalue weighted by Gasteiger charge is -2.20. The van der Waals surface area contributed by atoms with Crippen LogP contribution in [0.15, 0.2) is 0 Å². The van der Waals surface area contributed by atoms with Gasteiger partial charge in [-0.1, -0.05) is 43.4 Å². The molecule has 0 radical (unpaired) electrons. The third-order valence-corrected chi connectivity index (χ3v) is 5.57. The Bertz CT molecular complexity index is 532. The highest BCUT2D eigenvalue weighted by atomic mass is 32.1. The highest BCUT2D eigenvalue weighted by Crippen LogP contribution is 2.30. The van der Waals surface area contributed by atoms with Crippen molar-refractivity contribution in [2.24, 2.45) is 5.92 Å². The van der Waals surface area contributed by atoms with Gasteiger partial charge in [0.1, 0.15) is 0 Å². The zero-order valence-electron chi connectivity index (χ0n) is 12.3. The van der Waals surface area contributed by atoms with Crippen LogP contribution in [-0.4, -0.2) is 16.7 Å². The number of carbonyl (C=O) groups excluding carboxylic acids is 2. The van der Waals surface area contributed by atoms with Gasteiger partial charge in [-0.3, -0.25) is 9.59 Å². The van der Waals surface area contributed by atoms with Crippen molar-refractivity contribution in [2.75, 3.05) is 5.32 Å². The third-order valence-electron chi connectivity index (χ3n) is 4.52. The van der Waals surface area contributed by atoms with Gasteiger partial charge in [0.05, 0.1) is 10.6 Å². The van der Waals surface area contributed by atoms with Gasteiger partial charge in [-0.15, -0.1) is 0 Å². The quantitative estimate of drug-likeness (QED) is 0.916. The van der Waals surface area contributed by atoms with Crippen molar-refractivity contribution in [1.29, 1.82) is 0 Å². The van der Waals surface area contributed by atoms with Gasteiger partial charge < -0.3 is 5.32 Å². The molecule has 0 aliphatic heterocycles. The van der Waals surface area contributed by atoms with Gasteiger partial charge >= 0.3 is 0 Å². The van der Waals surface area contributed by atoms with Crippen LogP contribution in [0.25, 0.3) is 0 Å². The molecular weight excluding hydrogens is 284 g/mol. The number of ketones is 1. The minimum absolute atomic E-state index is 0.0409. The third kappa shape index (κ3) is 3.70. The number of amides is 1. The number of nitrogens with one attached hydrogen (secondary N) is 1. The van der Waals surface area contributed by atoms with E-state index < -0.39 is 0 Å². The van der Waals surface area contributed by atoms with Gasteiger partial charge in [0.15, 0.2) is 10.9 Å². The van der Waals surface area contributed by atoms with Crippen LogP contribution in [-0.2, 0) is 11.2 Å². The van der Waals surface area contributed by atoms with E-state index >= 15 is 0 Å². The number of aromatic nitrogens is 1. The van der Waals surface area contributed by atoms with Crippen LogP contribution in [0, 0.1) is 5.92 Å². The lowest BCUT2D eigenvalue weighted by molar-refractivity contribution is -0.116. The number of nitrogens with zero attached hydrogens (tertiary/aromatic N) is 1. The minimum atomic E-state index is 0.0409. The van der Waals surface area contributed by atoms with Crippen molar-refractivity contribution in [3.8, 4) is 0 Å². The van der Waals surface area contributed by atoms with E-state index in [0.717, 1.165) is 35.8 Å². The van der Waals surface area contributed by atoms with E-state index in [2.05, 4.69) is 10.3 Å². The van der Waals surface area contributed by atoms with Crippen molar-refractivity contribution in [2.45, 2.75) is 64.2 Å². The van der Waals surface area contributed by atoms with Gasteiger partial charge in [0.25, 0.3) is 0 Å². The van der Waals surface area contributed by atoms with Gasteiger partial charge in [0, 0.05) is 12.8 Å². The summed E-state index contributed by atoms with van der Waals surface area (Å²) in [6, 6.07) is 0. The molecule has 3 rings (SSSR count). The summed E-state index contributed by atoms with van der Waals surface area (Å²) in [5.41, 5.74) is 0.874. The highest BCUT2D eigenvalue weighted by molar-refractivity contribution is 7.17. The molecule has 2 aliphatic carbocycles. The fraction of sp³-hybridized carbons (Fsp3) is 0.688. The molecule has 0 bridgehead atoms. The van der Waals surface area contributed by atoms with Crippen molar-refractivity contribution in [3.05, 3.63) is 10.6 Å². The molecule has 1 aromatic heterocycles. The normalized spacial score (nSPS) is 19.3. The van der Waals surface area contributed by atoms with Crippen molar-refractivity contribution >= 4 is 28.2 Å². The van der Waals surface area contributed by atoms with Gasteiger partial charge in [-0.25, -0.2) is 4.98 Å². The second-order valence-corrected chi connectivity index (χ2v) is 7.16. The Kier molecular flexibility index (Phi) is 4.68. The molecule has 4 nitrogen and oxygen atoms in total. The number of fused-ring (bicyclic) bond motifs is 1. The van der Waals surface area contributed by atoms with Crippen LogP contribution in [0.5, 0.6) is 0 Å². The summed E-state index contributed by atoms with van der Waals surface area (Å²) in [6.07, 6.45) is 10.4. The number of carbonyl (C=O) groups is 2. The molecule has 1 N–H and O–H groups in total. The van der Waals surface area contributed by atoms with E-state index in [-0.39, 0.29) is 11.7 Å². The van der Waals surface area contributed by atoms with Crippen LogP contribution in [0.2, 0.25) is 0 Å². The van der Waals surface area contributed by atoms with E-state index in [1.54, 1.807) is 0 Å². The van der Waals surface area contributed by atoms with Crippen molar-refractivity contribution in [1.82, 2.24) is 4.98 Å². The Morgan fingerprint density at radius 1 is 1.19 bits per heavy atom. The Balaban J connectivity index is 1.51. The maximum atomic E-state index is 12.0. The van der Waals surface area contributed by atoms with Crippen LogP contribution >= 0.6 is 11.3 Å². The Morgan fingerprint density at radius 2 is 2.00 bits per heavy atom. The van der Waals surface area contributed by atoms with E-state index in [1.165, 1.54) is 43.4 Å². The number of Topliss-reactive ketones (excluding diaryl/α,β-unsaturated/α-hetero) is 1. The van der Waals surface area contributed by atoms with Crippen LogP contribution < -0.4 is 5.32 Å². The lowest BCUT2D eigenvalue weighted by atomic mass is 9.86. The summed E-state index contributed by atoms with van der Waals surface area (Å²) >= 11 is 1.34. The molecule has 0 saturated heterocycles. The maximum absolute atomic E-state index is 12.0. The molecule has 2 aliphatic rings. The molecule has 114 valence electrons. The van der Waals surface area contributed by atoms with E-state index in [4.69, 9.17) is 0 Å². The molecule has 1 saturated carbocycles. The van der Waals surface area contributed by atoms with Crippen LogP contribution in [0.1, 0.15) is 73.2 Å². The SMILES string of the molecule is O=C(CCC1CCCCC1)Nc1nc2c(s1)C(=O)CCC2. The summed E-state index contributed by atoms with van der Waals surface area (Å²) in [5, 5.41) is 3.48. The Labute approximate surface area is 129 Å². The number of aryl methyl sites for hydroxylation is 1. The molecule has 1 amide bonds. The van der Waals surface area contributed by atoms with E-state index in [0.29, 0.717) is 18.0 Å². The molecule has 0 unspecified atom stereocenters. The Hall–Kier alpha value is -1.23. The molecule has 0 aromatic carbocycles. The number of hydrogen-bond acceptors (Lipinski definition) is 4. The number of thiazole rings is 1. The summed E-state index contributed by atoms with van der Waals surface area (Å²) in [5.74, 6) is 0.936. The second-order valence-electron chi connectivity index (χ2n) is 6.16. The standard InChI is InChI=1S/C16H22N2O2S/c19-13-8-4-7-12-15(13)21-16(17-12)18-14(20)10-9-11-5-2-1-3-6-11/h11H,1-10H2,(H,17,18,20). The van der Waals surface area contributed by atoms with Gasteiger partial charge in [-0.2, -0.15) is 0 Å². The predicted molar refractivity (Wildman–Crippen MR) is 83.8 cm³/mol. The van der Waals surface area contributed by atoms with Crippen molar-refractivity contribution < 1.29 is 9.59 Å². The first kappa shape index (κ1) is 14.7. The van der Waals surface area contributed by atoms with Gasteiger partial charge in [0.2, 0.25) is 5.91 Å². The fourth-order valence-electron chi connectivity index (χ4n) is 3.32. The van der Waals surface area contributed by atoms with Crippen LogP contribution in [0.3, 0.4) is 0 Å². The number of hydrogen-bond donors (Lipinski definition) is 1. The summed E-state index contributed by atoms with van der Waals surface area (Å²) in [4.78, 5) is 28.9. The van der Waals surface area contributed by atoms with Crippen LogP contribution in [0.4, 0.5) is 5.13 Å². The molecule has 1 heterocycles. The lowest BCUT2D eigenvalue weighted by Crippen LogP contribution is -2.14. The number of anilines is 1. The van der Waals surface area contributed by atoms with E-state index in [1.807, 2.05) is 0 Å². The molecule has 5 heteroatoms. The zero-order valence-corrected chi connectivity index (χ0v) is 13.1. The highest BCUT2D eigenvalue weighted by Gasteiger charge is 2.23. The Morgan fingerprint density at radius 3 is 2.76 bits per heavy atom. The fourth-order valence-corrected chi connectivity index (χ4v) is 4.31. The first-order chi connectivity index (χ1) is 10.2. The van der Waals surface area contributed by atoms with E-state index in [9.17, 15) is 9.59 Å². The molecular formula is C16H22N2O2S. The molecule has 1 fully saturated rings. The summed E-state index contributed by atoms with van der Waals surface area (Å²) < 4.78 is 0. The smallest absolute Gasteiger partial charge is 0.226 e. The maximum Gasteiger partial charge on any atom is 0.226 e. The second kappa shape index (κ2) is 6.69. The van der Waals surface area contributed by atoms with Crippen molar-refractivity contribution in [3.63, 3.8) is 0 Å². The number of rotatable bonds is 4. The molecule has 0 atom stereocenters. The van der Waals surface area contributed by atoms with Gasteiger partial charge in [-0.05, 0) is 25.2 Å².